The van der Waals surface area contributed by atoms with E-state index in [4.69, 9.17) is 16.7 Å². The van der Waals surface area contributed by atoms with Crippen LogP contribution in [0.3, 0.4) is 0 Å². The van der Waals surface area contributed by atoms with Gasteiger partial charge in [0.1, 0.15) is 11.8 Å². The first-order chi connectivity index (χ1) is 9.80. The van der Waals surface area contributed by atoms with Crippen molar-refractivity contribution in [2.24, 2.45) is 0 Å². The van der Waals surface area contributed by atoms with Gasteiger partial charge in [-0.3, -0.25) is 4.57 Å². The van der Waals surface area contributed by atoms with E-state index in [2.05, 4.69) is 19.7 Å². The number of alkyl halides is 4. The lowest BCUT2D eigenvalue weighted by Crippen LogP contribution is -2.46. The van der Waals surface area contributed by atoms with E-state index in [0.29, 0.717) is 4.57 Å². The predicted octanol–water partition coefficient (Wildman–Crippen LogP) is 1.64. The summed E-state index contributed by atoms with van der Waals surface area (Å²) in [6.07, 6.45) is -2.84. The molecule has 2 atom stereocenters. The monoisotopic (exact) mass is 326 g/mol. The minimum absolute atomic E-state index is 0.0191. The molecule has 2 aromatic heterocycles. The molecule has 0 amide bonds. The van der Waals surface area contributed by atoms with E-state index in [0.717, 1.165) is 12.7 Å². The summed E-state index contributed by atoms with van der Waals surface area (Å²) in [5.41, 5.74) is -0.191. The summed E-state index contributed by atoms with van der Waals surface area (Å²) in [6.45, 7) is -1.25. The average molecular weight is 327 g/mol. The molecule has 6 nitrogen and oxygen atoms in total. The van der Waals surface area contributed by atoms with Crippen LogP contribution in [0.4, 0.5) is 17.6 Å². The molecule has 1 aliphatic heterocycles. The van der Waals surface area contributed by atoms with Crippen molar-refractivity contribution < 1.29 is 27.4 Å². The van der Waals surface area contributed by atoms with Gasteiger partial charge >= 0.3 is 11.8 Å². The third-order valence-corrected chi connectivity index (χ3v) is 3.46. The molecule has 0 radical (unpaired) electrons. The minimum atomic E-state index is -4.55. The first-order valence-electron chi connectivity index (χ1n) is 5.65. The molecule has 1 aliphatic rings. The fourth-order valence-corrected chi connectivity index (χ4v) is 2.28. The molecule has 1 fully saturated rings. The summed E-state index contributed by atoms with van der Waals surface area (Å²) in [6, 6.07) is 0. The highest BCUT2D eigenvalue weighted by Gasteiger charge is 2.73. The highest BCUT2D eigenvalue weighted by atomic mass is 35.5. The van der Waals surface area contributed by atoms with E-state index in [1.807, 2.05) is 0 Å². The van der Waals surface area contributed by atoms with E-state index in [9.17, 15) is 17.6 Å². The number of hydrogen-bond acceptors (Lipinski definition) is 5. The molecular formula is C10H7ClF4N4O2. The Kier molecular flexibility index (Phi) is 3.08. The molecule has 0 saturated carbocycles. The van der Waals surface area contributed by atoms with Crippen LogP contribution in [0, 0.1) is 0 Å². The molecular weight excluding hydrogens is 320 g/mol. The van der Waals surface area contributed by atoms with Crippen LogP contribution < -0.4 is 0 Å². The van der Waals surface area contributed by atoms with E-state index >= 15 is 0 Å². The second kappa shape index (κ2) is 4.49. The van der Waals surface area contributed by atoms with E-state index in [-0.39, 0.29) is 16.3 Å². The Labute approximate surface area is 119 Å². The zero-order valence-electron chi connectivity index (χ0n) is 10.1. The van der Waals surface area contributed by atoms with Crippen LogP contribution in [0.25, 0.3) is 11.2 Å². The maximum Gasteiger partial charge on any atom is 0.356 e. The van der Waals surface area contributed by atoms with Crippen molar-refractivity contribution in [3.8, 4) is 0 Å². The maximum absolute atomic E-state index is 13.9. The van der Waals surface area contributed by atoms with Gasteiger partial charge in [0.15, 0.2) is 16.9 Å². The lowest BCUT2D eigenvalue weighted by molar-refractivity contribution is -0.209. The van der Waals surface area contributed by atoms with E-state index in [1.54, 1.807) is 0 Å². The van der Waals surface area contributed by atoms with Crippen molar-refractivity contribution in [3.63, 3.8) is 0 Å². The van der Waals surface area contributed by atoms with Gasteiger partial charge in [-0.05, 0) is 0 Å². The van der Waals surface area contributed by atoms with Crippen LogP contribution in [0.2, 0.25) is 5.15 Å². The number of halogens is 5. The van der Waals surface area contributed by atoms with Gasteiger partial charge in [-0.15, -0.1) is 0 Å². The fraction of sp³-hybridized carbons (Fsp3) is 0.500. The van der Waals surface area contributed by atoms with Gasteiger partial charge in [0.2, 0.25) is 6.23 Å². The lowest BCUT2D eigenvalue weighted by Gasteiger charge is -2.23. The lowest BCUT2D eigenvalue weighted by atomic mass is 10.1. The number of imidazole rings is 1. The molecule has 21 heavy (non-hydrogen) atoms. The van der Waals surface area contributed by atoms with Gasteiger partial charge in [-0.2, -0.15) is 17.6 Å². The van der Waals surface area contributed by atoms with Crippen molar-refractivity contribution in [2.75, 3.05) is 6.61 Å². The third-order valence-electron chi connectivity index (χ3n) is 3.18. The Morgan fingerprint density at radius 2 is 1.95 bits per heavy atom. The van der Waals surface area contributed by atoms with Crippen molar-refractivity contribution >= 4 is 22.8 Å². The van der Waals surface area contributed by atoms with Crippen LogP contribution in [0.5, 0.6) is 0 Å². The second-order valence-electron chi connectivity index (χ2n) is 4.39. The topological polar surface area (TPSA) is 73.1 Å². The van der Waals surface area contributed by atoms with Crippen LogP contribution in [0.15, 0.2) is 12.7 Å². The zero-order chi connectivity index (χ0) is 15.4. The van der Waals surface area contributed by atoms with Crippen molar-refractivity contribution in [1.29, 1.82) is 0 Å². The van der Waals surface area contributed by atoms with Crippen LogP contribution in [-0.2, 0) is 4.74 Å². The quantitative estimate of drug-likeness (QED) is 0.671. The first kappa shape index (κ1) is 14.4. The average Bonchev–Trinajstić information content (AvgIpc) is 2.90. The number of fused-ring (bicyclic) bond motifs is 1. The number of aliphatic hydroxyl groups excluding tert-OH is 1. The van der Waals surface area contributed by atoms with Crippen molar-refractivity contribution in [1.82, 2.24) is 19.5 Å². The van der Waals surface area contributed by atoms with Gasteiger partial charge in [-0.1, -0.05) is 11.6 Å². The third kappa shape index (κ3) is 1.82. The highest BCUT2D eigenvalue weighted by molar-refractivity contribution is 6.33. The number of aromatic nitrogens is 4. The van der Waals surface area contributed by atoms with Gasteiger partial charge in [0.25, 0.3) is 0 Å². The minimum Gasteiger partial charge on any atom is -0.393 e. The van der Waals surface area contributed by atoms with Gasteiger partial charge in [-0.25, -0.2) is 15.0 Å². The second-order valence-corrected chi connectivity index (χ2v) is 4.75. The molecule has 1 N–H and O–H groups in total. The Morgan fingerprint density at radius 3 is 2.57 bits per heavy atom. The smallest absolute Gasteiger partial charge is 0.356 e. The summed E-state index contributed by atoms with van der Waals surface area (Å²) in [5, 5.41) is 8.69. The number of hydrogen-bond donors (Lipinski definition) is 1. The Balaban J connectivity index is 2.13. The molecule has 0 spiro atoms. The molecule has 0 bridgehead atoms. The molecule has 0 aliphatic carbocycles. The standard InChI is InChI=1S/C10H7ClF4N4O2/c11-6-5-7(17-2-16-6)19(3-18-5)8-10(14,15)9(12,13)4(1-20)21-8/h2-4,8,20H,1H2/t4-,8-/m1/s1. The summed E-state index contributed by atoms with van der Waals surface area (Å²) >= 11 is 5.72. The molecule has 3 heterocycles. The molecule has 3 rings (SSSR count). The van der Waals surface area contributed by atoms with Gasteiger partial charge < -0.3 is 9.84 Å². The van der Waals surface area contributed by atoms with Crippen LogP contribution >= 0.6 is 11.6 Å². The summed E-state index contributed by atoms with van der Waals surface area (Å²) < 4.78 is 60.2. The van der Waals surface area contributed by atoms with Gasteiger partial charge in [0.05, 0.1) is 12.9 Å². The highest BCUT2D eigenvalue weighted by Crippen LogP contribution is 2.53. The summed E-state index contributed by atoms with van der Waals surface area (Å²) in [4.78, 5) is 11.0. The molecule has 114 valence electrons. The normalized spacial score (nSPS) is 27.3. The SMILES string of the molecule is OC[C@H]1O[C@@H](n2cnc3c(Cl)ncnc32)C(F)(F)C1(F)F. The molecule has 0 unspecified atom stereocenters. The largest absolute Gasteiger partial charge is 0.393 e. The van der Waals surface area contributed by atoms with Crippen molar-refractivity contribution in [2.45, 2.75) is 24.2 Å². The number of rotatable bonds is 2. The van der Waals surface area contributed by atoms with Gasteiger partial charge in [0, 0.05) is 0 Å². The molecule has 2 aromatic rings. The van der Waals surface area contributed by atoms with Crippen molar-refractivity contribution in [3.05, 3.63) is 17.8 Å². The van der Waals surface area contributed by atoms with Crippen LogP contribution in [-0.4, -0.2) is 49.2 Å². The van der Waals surface area contributed by atoms with E-state index in [1.165, 1.54) is 0 Å². The Hall–Kier alpha value is -1.52. The summed E-state index contributed by atoms with van der Waals surface area (Å²) in [5.74, 6) is -9.08. The number of nitrogens with zero attached hydrogens (tertiary/aromatic N) is 4. The Morgan fingerprint density at radius 1 is 1.24 bits per heavy atom. The number of aliphatic hydroxyl groups is 1. The summed E-state index contributed by atoms with van der Waals surface area (Å²) in [7, 11) is 0. The molecule has 11 heteroatoms. The molecule has 0 aromatic carbocycles. The maximum atomic E-state index is 13.9. The number of ether oxygens (including phenoxy) is 1. The Bertz CT molecular complexity index is 695. The first-order valence-corrected chi connectivity index (χ1v) is 6.03. The van der Waals surface area contributed by atoms with Crippen LogP contribution in [0.1, 0.15) is 6.23 Å². The van der Waals surface area contributed by atoms with E-state index < -0.39 is 30.8 Å². The zero-order valence-corrected chi connectivity index (χ0v) is 10.8. The predicted molar refractivity (Wildman–Crippen MR) is 61.2 cm³/mol. The fourth-order valence-electron chi connectivity index (χ4n) is 2.10. The molecule has 1 saturated heterocycles.